The lowest BCUT2D eigenvalue weighted by atomic mass is 10.00. The van der Waals surface area contributed by atoms with Crippen LogP contribution < -0.4 is 15.5 Å². The van der Waals surface area contributed by atoms with Gasteiger partial charge in [-0.1, -0.05) is 41.9 Å². The second-order valence-electron chi connectivity index (χ2n) is 6.76. The molecule has 0 radical (unpaired) electrons. The minimum Gasteiger partial charge on any atom is -0.311 e. The van der Waals surface area contributed by atoms with E-state index in [9.17, 15) is 14.0 Å². The Morgan fingerprint density at radius 2 is 1.81 bits per heavy atom. The summed E-state index contributed by atoms with van der Waals surface area (Å²) < 4.78 is 14.6. The van der Waals surface area contributed by atoms with Gasteiger partial charge >= 0.3 is 6.03 Å². The van der Waals surface area contributed by atoms with Crippen molar-refractivity contribution in [1.82, 2.24) is 10.3 Å². The number of benzodiazepines with no additional fused rings is 1. The maximum atomic E-state index is 14.6. The lowest BCUT2D eigenvalue weighted by Crippen LogP contribution is -2.47. The molecule has 3 aromatic rings. The number of aliphatic imine (C=N–C) groups is 1. The Morgan fingerprint density at radius 3 is 2.55 bits per heavy atom. The maximum Gasteiger partial charge on any atom is 0.321 e. The van der Waals surface area contributed by atoms with Crippen LogP contribution in [-0.2, 0) is 4.79 Å². The van der Waals surface area contributed by atoms with E-state index in [2.05, 4.69) is 20.6 Å². The summed E-state index contributed by atoms with van der Waals surface area (Å²) in [4.78, 5) is 35.3. The van der Waals surface area contributed by atoms with Crippen LogP contribution in [0.25, 0.3) is 0 Å². The normalized spacial score (nSPS) is 15.6. The van der Waals surface area contributed by atoms with Crippen molar-refractivity contribution in [2.75, 3.05) is 17.3 Å². The molecule has 0 aliphatic carbocycles. The van der Waals surface area contributed by atoms with E-state index < -0.39 is 23.9 Å². The Kier molecular flexibility index (Phi) is 5.64. The number of anilines is 2. The second kappa shape index (κ2) is 8.53. The quantitative estimate of drug-likeness (QED) is 0.652. The maximum absolute atomic E-state index is 14.6. The van der Waals surface area contributed by atoms with Crippen molar-refractivity contribution in [3.8, 4) is 0 Å². The zero-order chi connectivity index (χ0) is 22.0. The van der Waals surface area contributed by atoms with E-state index in [0.29, 0.717) is 22.0 Å². The standard InChI is InChI=1S/C22H17ClFN5O2/c1-29-18-9-5-3-7-16(18)19(15-6-2-4-8-17(15)24)27-20(21(29)30)28-22(31)26-14-10-13(23)11-25-12-14/h2-12,20H,1H3,(H2,26,28,31). The predicted molar refractivity (Wildman–Crippen MR) is 117 cm³/mol. The fourth-order valence-electron chi connectivity index (χ4n) is 3.26. The Hall–Kier alpha value is -3.78. The number of hydrogen-bond acceptors (Lipinski definition) is 4. The minimum atomic E-state index is -1.28. The van der Waals surface area contributed by atoms with Crippen LogP contribution in [0.2, 0.25) is 5.02 Å². The molecule has 3 amide bonds. The van der Waals surface area contributed by atoms with Gasteiger partial charge in [0.25, 0.3) is 5.91 Å². The van der Waals surface area contributed by atoms with Gasteiger partial charge in [0, 0.05) is 24.4 Å². The fraction of sp³-hybridized carbons (Fsp3) is 0.0909. The van der Waals surface area contributed by atoms with Gasteiger partial charge in [-0.25, -0.2) is 14.2 Å². The molecule has 156 valence electrons. The Morgan fingerprint density at radius 1 is 1.10 bits per heavy atom. The molecule has 31 heavy (non-hydrogen) atoms. The van der Waals surface area contributed by atoms with Crippen LogP contribution in [0.15, 0.2) is 72.0 Å². The number of nitrogens with one attached hydrogen (secondary N) is 2. The van der Waals surface area contributed by atoms with Crippen LogP contribution in [0, 0.1) is 5.82 Å². The second-order valence-corrected chi connectivity index (χ2v) is 7.20. The van der Waals surface area contributed by atoms with Crippen molar-refractivity contribution in [1.29, 1.82) is 0 Å². The van der Waals surface area contributed by atoms with E-state index in [1.165, 1.54) is 29.4 Å². The molecule has 1 aliphatic heterocycles. The molecule has 0 saturated carbocycles. The first kappa shape index (κ1) is 20.5. The molecule has 1 aromatic heterocycles. The number of urea groups is 1. The van der Waals surface area contributed by atoms with Crippen molar-refractivity contribution >= 4 is 40.6 Å². The summed E-state index contributed by atoms with van der Waals surface area (Å²) in [5, 5.41) is 5.45. The summed E-state index contributed by atoms with van der Waals surface area (Å²) in [5.74, 6) is -0.959. The van der Waals surface area contributed by atoms with Crippen LogP contribution in [0.5, 0.6) is 0 Å². The molecular weight excluding hydrogens is 421 g/mol. The molecule has 0 bridgehead atoms. The fourth-order valence-corrected chi connectivity index (χ4v) is 3.43. The van der Waals surface area contributed by atoms with E-state index in [-0.39, 0.29) is 11.3 Å². The van der Waals surface area contributed by atoms with E-state index in [1.807, 2.05) is 0 Å². The van der Waals surface area contributed by atoms with Crippen molar-refractivity contribution in [2.45, 2.75) is 6.17 Å². The molecule has 2 aromatic carbocycles. The number of hydrogen-bond donors (Lipinski definition) is 2. The average molecular weight is 438 g/mol. The van der Waals surface area contributed by atoms with Gasteiger partial charge in [0.05, 0.1) is 28.3 Å². The molecule has 0 spiro atoms. The van der Waals surface area contributed by atoms with Gasteiger partial charge in [0.15, 0.2) is 0 Å². The van der Waals surface area contributed by atoms with Gasteiger partial charge in [-0.15, -0.1) is 0 Å². The third-order valence-corrected chi connectivity index (χ3v) is 4.91. The lowest BCUT2D eigenvalue weighted by Gasteiger charge is -2.21. The van der Waals surface area contributed by atoms with E-state index in [1.54, 1.807) is 49.5 Å². The molecule has 1 aliphatic rings. The Balaban J connectivity index is 1.72. The summed E-state index contributed by atoms with van der Waals surface area (Å²) in [6, 6.07) is 14.0. The third kappa shape index (κ3) is 4.24. The van der Waals surface area contributed by atoms with Gasteiger partial charge < -0.3 is 15.5 Å². The highest BCUT2D eigenvalue weighted by atomic mass is 35.5. The van der Waals surface area contributed by atoms with Gasteiger partial charge in [0.1, 0.15) is 5.82 Å². The lowest BCUT2D eigenvalue weighted by molar-refractivity contribution is -0.119. The number of amides is 3. The van der Waals surface area contributed by atoms with Gasteiger partial charge in [0.2, 0.25) is 6.17 Å². The first-order valence-electron chi connectivity index (χ1n) is 9.32. The smallest absolute Gasteiger partial charge is 0.311 e. The largest absolute Gasteiger partial charge is 0.321 e. The van der Waals surface area contributed by atoms with E-state index in [0.717, 1.165) is 0 Å². The molecule has 9 heteroatoms. The number of benzene rings is 2. The molecular formula is C22H17ClFN5O2. The van der Waals surface area contributed by atoms with Crippen molar-refractivity contribution in [2.24, 2.45) is 4.99 Å². The summed E-state index contributed by atoms with van der Waals surface area (Å²) in [6.07, 6.45) is 1.56. The topological polar surface area (TPSA) is 86.7 Å². The Labute approximate surface area is 182 Å². The van der Waals surface area contributed by atoms with Crippen LogP contribution in [0.4, 0.5) is 20.6 Å². The first-order chi connectivity index (χ1) is 14.9. The van der Waals surface area contributed by atoms with Crippen molar-refractivity contribution < 1.29 is 14.0 Å². The number of nitrogens with zero attached hydrogens (tertiary/aromatic N) is 3. The summed E-state index contributed by atoms with van der Waals surface area (Å²) in [7, 11) is 1.58. The number of pyridine rings is 1. The predicted octanol–water partition coefficient (Wildman–Crippen LogP) is 3.84. The monoisotopic (exact) mass is 437 g/mol. The number of aromatic nitrogens is 1. The molecule has 7 nitrogen and oxygen atoms in total. The molecule has 0 fully saturated rings. The summed E-state index contributed by atoms with van der Waals surface area (Å²) in [6.45, 7) is 0. The first-order valence-corrected chi connectivity index (χ1v) is 9.69. The molecule has 4 rings (SSSR count). The van der Waals surface area contributed by atoms with Gasteiger partial charge in [-0.05, 0) is 24.3 Å². The highest BCUT2D eigenvalue weighted by Crippen LogP contribution is 2.28. The molecule has 0 saturated heterocycles. The van der Waals surface area contributed by atoms with Crippen LogP contribution in [-0.4, -0.2) is 35.8 Å². The van der Waals surface area contributed by atoms with Crippen LogP contribution in [0.1, 0.15) is 11.1 Å². The highest BCUT2D eigenvalue weighted by molar-refractivity contribution is 6.30. The molecule has 1 atom stereocenters. The zero-order valence-electron chi connectivity index (χ0n) is 16.3. The number of carbonyl (C=O) groups excluding carboxylic acids is 2. The number of para-hydroxylation sites is 1. The summed E-state index contributed by atoms with van der Waals surface area (Å²) in [5.41, 5.74) is 1.97. The van der Waals surface area contributed by atoms with Crippen LogP contribution >= 0.6 is 11.6 Å². The van der Waals surface area contributed by atoms with E-state index in [4.69, 9.17) is 11.6 Å². The van der Waals surface area contributed by atoms with Gasteiger partial charge in [-0.2, -0.15) is 0 Å². The Bertz CT molecular complexity index is 1200. The van der Waals surface area contributed by atoms with Gasteiger partial charge in [-0.3, -0.25) is 9.78 Å². The van der Waals surface area contributed by atoms with Crippen molar-refractivity contribution in [3.05, 3.63) is 89.0 Å². The SMILES string of the molecule is CN1C(=O)C(NC(=O)Nc2cncc(Cl)c2)N=C(c2ccccc2F)c2ccccc21. The van der Waals surface area contributed by atoms with Crippen molar-refractivity contribution in [3.63, 3.8) is 0 Å². The third-order valence-electron chi connectivity index (χ3n) is 4.70. The molecule has 2 N–H and O–H groups in total. The highest BCUT2D eigenvalue weighted by Gasteiger charge is 2.31. The molecule has 1 unspecified atom stereocenters. The number of halogens is 2. The number of carbonyl (C=O) groups is 2. The number of fused-ring (bicyclic) bond motifs is 1. The van der Waals surface area contributed by atoms with E-state index >= 15 is 0 Å². The van der Waals surface area contributed by atoms with Crippen LogP contribution in [0.3, 0.4) is 0 Å². The number of likely N-dealkylation sites (N-methyl/N-ethyl adjacent to an activating group) is 1. The molecule has 2 heterocycles. The number of rotatable bonds is 3. The minimum absolute atomic E-state index is 0.226. The average Bonchev–Trinajstić information content (AvgIpc) is 2.85. The summed E-state index contributed by atoms with van der Waals surface area (Å²) >= 11 is 5.88. The zero-order valence-corrected chi connectivity index (χ0v) is 17.1.